The van der Waals surface area contributed by atoms with E-state index in [1.807, 2.05) is 6.92 Å². The largest absolute Gasteiger partial charge is 0.443 e. The minimum Gasteiger partial charge on any atom is -0.443 e. The topological polar surface area (TPSA) is 72.9 Å². The van der Waals surface area contributed by atoms with Gasteiger partial charge < -0.3 is 9.47 Å². The average molecular weight is 482 g/mol. The summed E-state index contributed by atoms with van der Waals surface area (Å²) in [6.45, 7) is 11.9. The van der Waals surface area contributed by atoms with Gasteiger partial charge in [-0.05, 0) is 67.8 Å². The summed E-state index contributed by atoms with van der Waals surface area (Å²) in [5.74, 6) is 0.300. The molecule has 7 rings (SSSR count). The van der Waals surface area contributed by atoms with Gasteiger partial charge in [0.05, 0.1) is 12.5 Å². The number of nitrogens with zero attached hydrogens (tertiary/aromatic N) is 1. The van der Waals surface area contributed by atoms with Gasteiger partial charge in [0, 0.05) is 36.6 Å². The number of fused-ring (bicyclic) bond motifs is 5. The number of hydrogen-bond donors (Lipinski definition) is 0. The lowest BCUT2D eigenvalue weighted by Crippen LogP contribution is -2.82. The molecule has 4 saturated heterocycles. The van der Waals surface area contributed by atoms with E-state index in [4.69, 9.17) is 9.47 Å². The Labute approximate surface area is 208 Å². The molecule has 3 aliphatic carbocycles. The number of carbonyl (C=O) groups is 3. The van der Waals surface area contributed by atoms with Gasteiger partial charge in [-0.3, -0.25) is 14.4 Å². The Balaban J connectivity index is 1.44. The van der Waals surface area contributed by atoms with Crippen molar-refractivity contribution in [2.24, 2.45) is 39.9 Å². The Morgan fingerprint density at radius 2 is 1.86 bits per heavy atom. The number of allylic oxidation sites excluding steroid dienone is 2. The molecule has 10 atom stereocenters. The second-order valence-electron chi connectivity index (χ2n) is 14.1. The second-order valence-corrected chi connectivity index (χ2v) is 14.1. The van der Waals surface area contributed by atoms with Crippen LogP contribution in [0.4, 0.5) is 0 Å². The van der Waals surface area contributed by atoms with E-state index in [1.54, 1.807) is 6.08 Å². The van der Waals surface area contributed by atoms with E-state index in [-0.39, 0.29) is 59.0 Å². The summed E-state index contributed by atoms with van der Waals surface area (Å²) in [4.78, 5) is 43.1. The number of ketones is 2. The summed E-state index contributed by atoms with van der Waals surface area (Å²) in [6, 6.07) is 0. The van der Waals surface area contributed by atoms with E-state index in [1.165, 1.54) is 0 Å². The molecule has 1 spiro atoms. The van der Waals surface area contributed by atoms with Crippen LogP contribution in [0.25, 0.3) is 0 Å². The van der Waals surface area contributed by atoms with Crippen LogP contribution in [0.3, 0.4) is 0 Å². The van der Waals surface area contributed by atoms with Crippen LogP contribution < -0.4 is 0 Å². The molecule has 4 heterocycles. The first-order valence-electron chi connectivity index (χ1n) is 13.8. The molecule has 4 aliphatic heterocycles. The third-order valence-electron chi connectivity index (χ3n) is 12.3. The quantitative estimate of drug-likeness (QED) is 0.477. The Morgan fingerprint density at radius 3 is 2.63 bits per heavy atom. The zero-order chi connectivity index (χ0) is 24.8. The second kappa shape index (κ2) is 6.48. The van der Waals surface area contributed by atoms with Gasteiger partial charge in [0.25, 0.3) is 0 Å². The van der Waals surface area contributed by atoms with Crippen LogP contribution in [0.2, 0.25) is 0 Å². The number of hydrogen-bond acceptors (Lipinski definition) is 6. The van der Waals surface area contributed by atoms with Gasteiger partial charge in [0.15, 0.2) is 11.5 Å². The van der Waals surface area contributed by atoms with Crippen molar-refractivity contribution in [3.8, 4) is 0 Å². The third kappa shape index (κ3) is 2.43. The Morgan fingerprint density at radius 1 is 1.09 bits per heavy atom. The van der Waals surface area contributed by atoms with Crippen molar-refractivity contribution in [3.63, 3.8) is 0 Å². The summed E-state index contributed by atoms with van der Waals surface area (Å²) in [6.07, 6.45) is 7.78. The molecule has 6 nitrogen and oxygen atoms in total. The van der Waals surface area contributed by atoms with Crippen LogP contribution in [-0.2, 0) is 23.9 Å². The van der Waals surface area contributed by atoms with E-state index >= 15 is 0 Å². The van der Waals surface area contributed by atoms with Crippen molar-refractivity contribution in [1.82, 2.24) is 4.90 Å². The maximum atomic E-state index is 14.0. The summed E-state index contributed by atoms with van der Waals surface area (Å²) >= 11 is 0. The highest BCUT2D eigenvalue weighted by Gasteiger charge is 2.82. The molecule has 0 unspecified atom stereocenters. The minimum atomic E-state index is -0.806. The number of rotatable bonds is 0. The molecule has 7 aliphatic rings. The van der Waals surface area contributed by atoms with Crippen LogP contribution >= 0.6 is 0 Å². The fourth-order valence-corrected chi connectivity index (χ4v) is 11.0. The molecular formula is C29H39NO5. The molecule has 0 aromatic rings. The SMILES string of the molecule is CC1=CC(=O)[C@H]2CC(=O)[C@@H]3[C@](C)(C[C@@]45OC(=O)C[C@]3(C)[C@]4(C)CC[C@]34C[C@@H](C)C[C@H](CN35)O4)[C@@H]2C1. The molecule has 190 valence electrons. The number of carbonyl (C=O) groups excluding carboxylic acids is 3. The number of Topliss-reactive ketones (excluding diaryl/α,β-unsaturated/α-hetero) is 1. The van der Waals surface area contributed by atoms with Crippen molar-refractivity contribution in [2.45, 2.75) is 104 Å². The van der Waals surface area contributed by atoms with Crippen molar-refractivity contribution < 1.29 is 23.9 Å². The summed E-state index contributed by atoms with van der Waals surface area (Å²) in [5, 5.41) is 0. The lowest BCUT2D eigenvalue weighted by Gasteiger charge is -2.76. The van der Waals surface area contributed by atoms with Crippen LogP contribution in [0.1, 0.15) is 86.0 Å². The van der Waals surface area contributed by atoms with Gasteiger partial charge in [-0.15, -0.1) is 0 Å². The molecule has 6 heteroatoms. The van der Waals surface area contributed by atoms with Gasteiger partial charge in [-0.1, -0.05) is 33.3 Å². The first-order chi connectivity index (χ1) is 16.4. The van der Waals surface area contributed by atoms with Crippen LogP contribution in [0.5, 0.6) is 0 Å². The van der Waals surface area contributed by atoms with Crippen molar-refractivity contribution in [1.29, 1.82) is 0 Å². The van der Waals surface area contributed by atoms with Gasteiger partial charge >= 0.3 is 5.97 Å². The maximum absolute atomic E-state index is 14.0. The van der Waals surface area contributed by atoms with E-state index < -0.39 is 16.6 Å². The molecule has 2 saturated carbocycles. The predicted molar refractivity (Wildman–Crippen MR) is 128 cm³/mol. The number of esters is 1. The molecule has 0 aromatic heterocycles. The van der Waals surface area contributed by atoms with E-state index in [9.17, 15) is 14.4 Å². The molecule has 4 bridgehead atoms. The van der Waals surface area contributed by atoms with Crippen LogP contribution in [-0.4, -0.2) is 46.5 Å². The summed E-state index contributed by atoms with van der Waals surface area (Å²) in [7, 11) is 0. The molecule has 6 fully saturated rings. The molecule has 0 radical (unpaired) electrons. The normalized spacial score (nSPS) is 56.9. The molecule has 0 amide bonds. The first-order valence-corrected chi connectivity index (χ1v) is 13.8. The smallest absolute Gasteiger partial charge is 0.308 e. The Kier molecular flexibility index (Phi) is 4.19. The van der Waals surface area contributed by atoms with Crippen LogP contribution in [0, 0.1) is 39.9 Å². The van der Waals surface area contributed by atoms with Crippen molar-refractivity contribution in [2.75, 3.05) is 6.54 Å². The van der Waals surface area contributed by atoms with Gasteiger partial charge in [0.2, 0.25) is 0 Å². The van der Waals surface area contributed by atoms with Crippen LogP contribution in [0.15, 0.2) is 11.6 Å². The highest BCUT2D eigenvalue weighted by atomic mass is 16.6. The van der Waals surface area contributed by atoms with Gasteiger partial charge in [-0.25, -0.2) is 4.90 Å². The average Bonchev–Trinajstić information content (AvgIpc) is 3.01. The van der Waals surface area contributed by atoms with Gasteiger partial charge in [0.1, 0.15) is 11.5 Å². The Bertz CT molecular complexity index is 1100. The highest BCUT2D eigenvalue weighted by molar-refractivity contribution is 5.99. The fourth-order valence-electron chi connectivity index (χ4n) is 11.0. The highest BCUT2D eigenvalue weighted by Crippen LogP contribution is 2.77. The minimum absolute atomic E-state index is 0.0972. The van der Waals surface area contributed by atoms with E-state index in [2.05, 4.69) is 32.6 Å². The van der Waals surface area contributed by atoms with E-state index in [0.717, 1.165) is 44.2 Å². The lowest BCUT2D eigenvalue weighted by atomic mass is 9.34. The van der Waals surface area contributed by atoms with Gasteiger partial charge in [-0.2, -0.15) is 0 Å². The standard InChI is InChI=1S/C29H39NO5/c1-16-9-20-19(21(31)10-16)11-22(32)24-25(20,3)15-29-27(5,26(24,4)13-23(33)35-29)6-7-28-12-17(2)8-18(34-28)14-30(28)29/h10,17-20,24H,6-9,11-15H2,1-5H3/t17-,18+,19-,20+,24+,25+,26-,27-,28-,29+/m0/s1. The lowest BCUT2D eigenvalue weighted by molar-refractivity contribution is -0.379. The van der Waals surface area contributed by atoms with Crippen molar-refractivity contribution in [3.05, 3.63) is 11.6 Å². The first kappa shape index (κ1) is 22.7. The number of piperidine rings is 1. The summed E-state index contributed by atoms with van der Waals surface area (Å²) < 4.78 is 13.4. The zero-order valence-corrected chi connectivity index (χ0v) is 21.8. The maximum Gasteiger partial charge on any atom is 0.308 e. The third-order valence-corrected chi connectivity index (χ3v) is 12.3. The Hall–Kier alpha value is -1.53. The summed E-state index contributed by atoms with van der Waals surface area (Å²) in [5.41, 5.74) is -1.36. The molecule has 0 aromatic carbocycles. The fraction of sp³-hybridized carbons (Fsp3) is 0.828. The molecule has 35 heavy (non-hydrogen) atoms. The number of ether oxygens (including phenoxy) is 2. The van der Waals surface area contributed by atoms with E-state index in [0.29, 0.717) is 18.8 Å². The monoisotopic (exact) mass is 481 g/mol. The zero-order valence-electron chi connectivity index (χ0n) is 21.8. The van der Waals surface area contributed by atoms with Crippen molar-refractivity contribution >= 4 is 17.5 Å². The predicted octanol–water partition coefficient (Wildman–Crippen LogP) is 4.41. The molecule has 0 N–H and O–H groups in total. The molecular weight excluding hydrogens is 442 g/mol.